The fourth-order valence-corrected chi connectivity index (χ4v) is 0.326. The van der Waals surface area contributed by atoms with E-state index in [9.17, 15) is 9.59 Å². The highest BCUT2D eigenvalue weighted by Crippen LogP contribution is 2.00. The summed E-state index contributed by atoms with van der Waals surface area (Å²) in [5, 5.41) is 1.80. The Morgan fingerprint density at radius 2 is 2.12 bits per heavy atom. The van der Waals surface area contributed by atoms with E-state index in [1.165, 1.54) is 0 Å². The molecule has 1 fully saturated rings. The lowest BCUT2D eigenvalue weighted by molar-refractivity contribution is -0.116. The van der Waals surface area contributed by atoms with E-state index in [2.05, 4.69) is 4.74 Å². The van der Waals surface area contributed by atoms with Crippen molar-refractivity contribution in [3.05, 3.63) is 12.3 Å². The van der Waals surface area contributed by atoms with Gasteiger partial charge in [-0.15, -0.1) is 0 Å². The third kappa shape index (κ3) is 0.556. The second-order valence-corrected chi connectivity index (χ2v) is 1.21. The average molecular weight is 112 g/mol. The van der Waals surface area contributed by atoms with E-state index >= 15 is 0 Å². The summed E-state index contributed by atoms with van der Waals surface area (Å²) in [6, 6.07) is 0. The zero-order valence-corrected chi connectivity index (χ0v) is 3.80. The summed E-state index contributed by atoms with van der Waals surface area (Å²) < 4.78 is 4.07. The first kappa shape index (κ1) is 4.83. The van der Waals surface area contributed by atoms with Crippen molar-refractivity contribution >= 4 is 12.0 Å². The lowest BCUT2D eigenvalue weighted by atomic mass is 10.6. The molecular formula is C4H2NO3. The molecule has 1 heterocycles. The molecule has 1 saturated heterocycles. The number of nitrogens with one attached hydrogen (secondary N) is 1. The summed E-state index contributed by atoms with van der Waals surface area (Å²) in [5.41, 5.74) is 0. The molecule has 1 rings (SSSR count). The largest absolute Gasteiger partial charge is 0.419 e. The van der Waals surface area contributed by atoms with Gasteiger partial charge in [0.05, 0.1) is 0 Å². The van der Waals surface area contributed by atoms with Crippen molar-refractivity contribution < 1.29 is 14.3 Å². The lowest BCUT2D eigenvalue weighted by Crippen LogP contribution is -2.18. The van der Waals surface area contributed by atoms with Crippen molar-refractivity contribution in [2.45, 2.75) is 0 Å². The maximum atomic E-state index is 10.2. The maximum absolute atomic E-state index is 10.2. The number of rotatable bonds is 0. The predicted molar refractivity (Wildman–Crippen MR) is 22.4 cm³/mol. The standard InChI is InChI=1S/C4H2NO3/c1-2-3(6)5-4(7)8-2/h1H,(H,5,6,7). The molecule has 4 nitrogen and oxygen atoms in total. The molecule has 0 aromatic carbocycles. The van der Waals surface area contributed by atoms with E-state index in [1.807, 2.05) is 0 Å². The van der Waals surface area contributed by atoms with Gasteiger partial charge >= 0.3 is 6.09 Å². The van der Waals surface area contributed by atoms with Crippen LogP contribution in [0.15, 0.2) is 5.76 Å². The third-order valence-electron chi connectivity index (χ3n) is 0.642. The average Bonchev–Trinajstić information content (AvgIpc) is 1.85. The second kappa shape index (κ2) is 1.33. The van der Waals surface area contributed by atoms with Gasteiger partial charge in [0, 0.05) is 0 Å². The molecule has 0 spiro atoms. The molecule has 4 heteroatoms. The summed E-state index contributed by atoms with van der Waals surface area (Å²) in [6.45, 7) is 4.83. The van der Waals surface area contributed by atoms with Gasteiger partial charge in [-0.25, -0.2) is 4.79 Å². The highest BCUT2D eigenvalue weighted by molar-refractivity contribution is 6.06. The Morgan fingerprint density at radius 3 is 2.25 bits per heavy atom. The predicted octanol–water partition coefficient (Wildman–Crippen LogP) is -0.430. The van der Waals surface area contributed by atoms with Crippen molar-refractivity contribution in [3.8, 4) is 0 Å². The number of imide groups is 1. The third-order valence-corrected chi connectivity index (χ3v) is 0.642. The van der Waals surface area contributed by atoms with E-state index in [-0.39, 0.29) is 0 Å². The van der Waals surface area contributed by atoms with Crippen LogP contribution in [0.3, 0.4) is 0 Å². The molecule has 0 aromatic rings. The Kier molecular flexibility index (Phi) is 0.802. The molecule has 1 radical (unpaired) electrons. The highest BCUT2D eigenvalue weighted by Gasteiger charge is 2.23. The zero-order chi connectivity index (χ0) is 6.15. The molecule has 1 aliphatic heterocycles. The molecule has 0 bridgehead atoms. The van der Waals surface area contributed by atoms with Crippen LogP contribution in [0.2, 0.25) is 0 Å². The van der Waals surface area contributed by atoms with Crippen LogP contribution in [-0.4, -0.2) is 12.0 Å². The van der Waals surface area contributed by atoms with Crippen LogP contribution < -0.4 is 5.32 Å². The van der Waals surface area contributed by atoms with Crippen molar-refractivity contribution in [1.82, 2.24) is 5.32 Å². The van der Waals surface area contributed by atoms with Gasteiger partial charge in [-0.3, -0.25) is 10.1 Å². The molecular weight excluding hydrogens is 110 g/mol. The Hall–Kier alpha value is -1.32. The van der Waals surface area contributed by atoms with E-state index in [1.54, 1.807) is 5.32 Å². The van der Waals surface area contributed by atoms with E-state index in [0.717, 1.165) is 0 Å². The summed E-state index contributed by atoms with van der Waals surface area (Å²) in [7, 11) is 0. The number of hydrogen-bond donors (Lipinski definition) is 1. The SMILES string of the molecule is [CH]=C1OC(=O)NC1=O. The van der Waals surface area contributed by atoms with Crippen LogP contribution in [0.25, 0.3) is 0 Å². The molecule has 0 unspecified atom stereocenters. The van der Waals surface area contributed by atoms with Gasteiger partial charge in [0.2, 0.25) is 0 Å². The number of carbonyl (C=O) groups excluding carboxylic acids is 2. The number of cyclic esters (lactones) is 1. The second-order valence-electron chi connectivity index (χ2n) is 1.21. The van der Waals surface area contributed by atoms with Crippen molar-refractivity contribution in [2.24, 2.45) is 0 Å². The van der Waals surface area contributed by atoms with E-state index in [4.69, 9.17) is 6.58 Å². The molecule has 1 aliphatic rings. The summed E-state index contributed by atoms with van der Waals surface area (Å²) >= 11 is 0. The molecule has 0 aromatic heterocycles. The fourth-order valence-electron chi connectivity index (χ4n) is 0.326. The minimum Gasteiger partial charge on any atom is -0.404 e. The lowest BCUT2D eigenvalue weighted by Gasteiger charge is -1.80. The Balaban J connectivity index is 2.79. The Bertz CT molecular complexity index is 154. The minimum atomic E-state index is -0.813. The monoisotopic (exact) mass is 112 g/mol. The van der Waals surface area contributed by atoms with Gasteiger partial charge in [0.15, 0.2) is 5.76 Å². The van der Waals surface area contributed by atoms with Crippen LogP contribution in [0.1, 0.15) is 0 Å². The maximum Gasteiger partial charge on any atom is 0.419 e. The molecule has 1 N–H and O–H groups in total. The topological polar surface area (TPSA) is 55.4 Å². The van der Waals surface area contributed by atoms with Crippen LogP contribution >= 0.6 is 0 Å². The van der Waals surface area contributed by atoms with Crippen LogP contribution in [0, 0.1) is 6.58 Å². The molecule has 0 aliphatic carbocycles. The van der Waals surface area contributed by atoms with Gasteiger partial charge < -0.3 is 4.74 Å². The smallest absolute Gasteiger partial charge is 0.404 e. The summed E-state index contributed by atoms with van der Waals surface area (Å²) in [5.74, 6) is -1.06. The van der Waals surface area contributed by atoms with Gasteiger partial charge in [-0.05, 0) is 6.58 Å². The molecule has 8 heavy (non-hydrogen) atoms. The number of alkyl carbamates (subject to hydrolysis) is 1. The molecule has 0 atom stereocenters. The minimum absolute atomic E-state index is 0.394. The van der Waals surface area contributed by atoms with Gasteiger partial charge in [-0.1, -0.05) is 0 Å². The molecule has 2 amide bonds. The fraction of sp³-hybridized carbons (Fsp3) is 0. The number of hydrogen-bond acceptors (Lipinski definition) is 3. The van der Waals surface area contributed by atoms with Gasteiger partial charge in [0.1, 0.15) is 0 Å². The first-order valence-corrected chi connectivity index (χ1v) is 1.86. The van der Waals surface area contributed by atoms with Crippen molar-refractivity contribution in [1.29, 1.82) is 0 Å². The normalized spacial score (nSPS) is 18.2. The number of ether oxygens (including phenoxy) is 1. The van der Waals surface area contributed by atoms with Crippen molar-refractivity contribution in [2.75, 3.05) is 0 Å². The van der Waals surface area contributed by atoms with Crippen molar-refractivity contribution in [3.63, 3.8) is 0 Å². The van der Waals surface area contributed by atoms with Crippen LogP contribution in [-0.2, 0) is 9.53 Å². The summed E-state index contributed by atoms with van der Waals surface area (Å²) in [6.07, 6.45) is -0.813. The zero-order valence-electron chi connectivity index (χ0n) is 3.80. The first-order chi connectivity index (χ1) is 3.70. The van der Waals surface area contributed by atoms with Crippen LogP contribution in [0.5, 0.6) is 0 Å². The first-order valence-electron chi connectivity index (χ1n) is 1.86. The van der Waals surface area contributed by atoms with Gasteiger partial charge in [0.25, 0.3) is 5.91 Å². The van der Waals surface area contributed by atoms with E-state index in [0.29, 0.717) is 0 Å². The quantitative estimate of drug-likeness (QED) is 0.432. The van der Waals surface area contributed by atoms with Crippen LogP contribution in [0.4, 0.5) is 4.79 Å². The molecule has 0 saturated carbocycles. The van der Waals surface area contributed by atoms with Gasteiger partial charge in [-0.2, -0.15) is 0 Å². The Morgan fingerprint density at radius 1 is 1.50 bits per heavy atom. The number of amides is 2. The Labute approximate surface area is 45.1 Å². The highest BCUT2D eigenvalue weighted by atomic mass is 16.6. The van der Waals surface area contributed by atoms with E-state index < -0.39 is 17.8 Å². The number of carbonyl (C=O) groups is 2. The summed E-state index contributed by atoms with van der Waals surface area (Å²) in [4.78, 5) is 20.2. The molecule has 41 valence electrons.